The van der Waals surface area contributed by atoms with E-state index in [1.54, 1.807) is 0 Å². The molecule has 0 fully saturated rings. The van der Waals surface area contributed by atoms with E-state index < -0.39 is 29.5 Å². The zero-order valence-electron chi connectivity index (χ0n) is 7.89. The van der Waals surface area contributed by atoms with Gasteiger partial charge in [-0.1, -0.05) is 6.92 Å². The monoisotopic (exact) mass is 204 g/mol. The van der Waals surface area contributed by atoms with Gasteiger partial charge in [0.2, 0.25) is 0 Å². The minimum Gasteiger partial charge on any atom is -0.393 e. The van der Waals surface area contributed by atoms with Crippen LogP contribution in [0.25, 0.3) is 0 Å². The van der Waals surface area contributed by atoms with E-state index in [0.717, 1.165) is 0 Å². The second-order valence-corrected chi connectivity index (χ2v) is 3.31. The van der Waals surface area contributed by atoms with Gasteiger partial charge >= 0.3 is 0 Å². The highest BCUT2D eigenvalue weighted by molar-refractivity contribution is 5.24. The molecule has 78 valence electrons. The highest BCUT2D eigenvalue weighted by atomic mass is 19.1. The van der Waals surface area contributed by atoms with Gasteiger partial charge in [0.15, 0.2) is 0 Å². The molecule has 1 unspecified atom stereocenters. The molecule has 0 aliphatic heterocycles. The van der Waals surface area contributed by atoms with Crippen LogP contribution in [0, 0.1) is 17.5 Å². The maximum atomic E-state index is 13.1. The van der Waals surface area contributed by atoms with Crippen LogP contribution in [0.3, 0.4) is 0 Å². The van der Waals surface area contributed by atoms with E-state index in [9.17, 15) is 13.2 Å². The Balaban J connectivity index is 3.20. The van der Waals surface area contributed by atoms with Gasteiger partial charge in [0, 0.05) is 23.6 Å². The van der Waals surface area contributed by atoms with Gasteiger partial charge in [-0.25, -0.2) is 13.2 Å². The van der Waals surface area contributed by atoms with Crippen molar-refractivity contribution in [1.29, 1.82) is 0 Å². The molecule has 1 N–H and O–H groups in total. The Bertz CT molecular complexity index is 313. The summed E-state index contributed by atoms with van der Waals surface area (Å²) in [5, 5.41) is 9.17. The molecule has 1 nitrogen and oxygen atoms in total. The molecule has 1 aromatic rings. The molecule has 0 aliphatic carbocycles. The third-order valence-corrected chi connectivity index (χ3v) is 2.22. The van der Waals surface area contributed by atoms with Gasteiger partial charge in [0.25, 0.3) is 0 Å². The van der Waals surface area contributed by atoms with Gasteiger partial charge < -0.3 is 5.11 Å². The molecule has 0 bridgehead atoms. The third kappa shape index (κ3) is 2.07. The number of aliphatic hydroxyl groups is 1. The lowest BCUT2D eigenvalue weighted by Gasteiger charge is -2.16. The molecule has 0 saturated heterocycles. The van der Waals surface area contributed by atoms with Crippen LogP contribution in [0.1, 0.15) is 25.3 Å². The van der Waals surface area contributed by atoms with Crippen molar-refractivity contribution in [2.75, 3.05) is 0 Å². The Morgan fingerprint density at radius 3 is 1.86 bits per heavy atom. The molecule has 0 saturated carbocycles. The summed E-state index contributed by atoms with van der Waals surface area (Å²) in [5.74, 6) is -3.58. The van der Waals surface area contributed by atoms with E-state index in [1.165, 1.54) is 13.8 Å². The van der Waals surface area contributed by atoms with E-state index in [-0.39, 0.29) is 5.56 Å². The number of hydrogen-bond donors (Lipinski definition) is 1. The van der Waals surface area contributed by atoms with Crippen molar-refractivity contribution in [1.82, 2.24) is 0 Å². The molecule has 0 aromatic heterocycles. The molecular weight excluding hydrogens is 193 g/mol. The van der Waals surface area contributed by atoms with Crippen molar-refractivity contribution in [2.45, 2.75) is 25.9 Å². The molecule has 1 aromatic carbocycles. The molecule has 1 rings (SSSR count). The van der Waals surface area contributed by atoms with Gasteiger partial charge in [-0.15, -0.1) is 0 Å². The van der Waals surface area contributed by atoms with Gasteiger partial charge in [0.1, 0.15) is 17.5 Å². The highest BCUT2D eigenvalue weighted by Crippen LogP contribution is 2.25. The Hall–Kier alpha value is -1.03. The first-order valence-corrected chi connectivity index (χ1v) is 4.26. The van der Waals surface area contributed by atoms with Gasteiger partial charge in [0.05, 0.1) is 6.10 Å². The van der Waals surface area contributed by atoms with Crippen molar-refractivity contribution < 1.29 is 18.3 Å². The lowest BCUT2D eigenvalue weighted by atomic mass is 9.95. The van der Waals surface area contributed by atoms with E-state index in [0.29, 0.717) is 12.1 Å². The summed E-state index contributed by atoms with van der Waals surface area (Å²) in [5.41, 5.74) is -0.276. The maximum absolute atomic E-state index is 13.1. The zero-order valence-corrected chi connectivity index (χ0v) is 7.89. The molecule has 14 heavy (non-hydrogen) atoms. The van der Waals surface area contributed by atoms with Crippen LogP contribution in [-0.4, -0.2) is 11.2 Å². The number of hydrogen-bond acceptors (Lipinski definition) is 1. The first-order valence-electron chi connectivity index (χ1n) is 4.26. The molecule has 0 aliphatic rings. The van der Waals surface area contributed by atoms with Crippen molar-refractivity contribution in [3.8, 4) is 0 Å². The SMILES string of the molecule is CC(O)[C@@H](C)c1c(F)cc(F)cc1F. The van der Waals surface area contributed by atoms with Crippen LogP contribution in [0.2, 0.25) is 0 Å². The number of aliphatic hydroxyl groups excluding tert-OH is 1. The fourth-order valence-corrected chi connectivity index (χ4v) is 1.23. The predicted octanol–water partition coefficient (Wildman–Crippen LogP) is 2.59. The van der Waals surface area contributed by atoms with Gasteiger partial charge in [-0.3, -0.25) is 0 Å². The average molecular weight is 204 g/mol. The quantitative estimate of drug-likeness (QED) is 0.785. The number of rotatable bonds is 2. The van der Waals surface area contributed by atoms with Crippen LogP contribution in [0.15, 0.2) is 12.1 Å². The Kier molecular flexibility index (Phi) is 3.16. The van der Waals surface area contributed by atoms with Crippen LogP contribution in [0.4, 0.5) is 13.2 Å². The molecule has 0 heterocycles. The predicted molar refractivity (Wildman–Crippen MR) is 46.4 cm³/mol. The van der Waals surface area contributed by atoms with Crippen LogP contribution in [-0.2, 0) is 0 Å². The maximum Gasteiger partial charge on any atom is 0.132 e. The lowest BCUT2D eigenvalue weighted by Crippen LogP contribution is -2.14. The first-order chi connectivity index (χ1) is 6.43. The fraction of sp³-hybridized carbons (Fsp3) is 0.400. The first kappa shape index (κ1) is 11.0. The summed E-state index contributed by atoms with van der Waals surface area (Å²) >= 11 is 0. The van der Waals surface area contributed by atoms with E-state index in [4.69, 9.17) is 5.11 Å². The third-order valence-electron chi connectivity index (χ3n) is 2.22. The Morgan fingerprint density at radius 2 is 1.50 bits per heavy atom. The Labute approximate surface area is 80.2 Å². The second kappa shape index (κ2) is 4.00. The van der Waals surface area contributed by atoms with Crippen LogP contribution < -0.4 is 0 Å². The lowest BCUT2D eigenvalue weighted by molar-refractivity contribution is 0.165. The summed E-state index contributed by atoms with van der Waals surface area (Å²) in [6, 6.07) is 1.22. The summed E-state index contributed by atoms with van der Waals surface area (Å²) in [6.45, 7) is 2.90. The number of halogens is 3. The summed E-state index contributed by atoms with van der Waals surface area (Å²) < 4.78 is 38.8. The average Bonchev–Trinajstić information content (AvgIpc) is 2.01. The van der Waals surface area contributed by atoms with Gasteiger partial charge in [-0.2, -0.15) is 0 Å². The fourth-order valence-electron chi connectivity index (χ4n) is 1.23. The molecular formula is C10H11F3O. The number of benzene rings is 1. The molecule has 2 atom stereocenters. The summed E-state index contributed by atoms with van der Waals surface area (Å²) in [7, 11) is 0. The molecule has 0 radical (unpaired) electrons. The van der Waals surface area contributed by atoms with E-state index in [1.807, 2.05) is 0 Å². The topological polar surface area (TPSA) is 20.2 Å². The van der Waals surface area contributed by atoms with Crippen LogP contribution >= 0.6 is 0 Å². The molecule has 0 spiro atoms. The second-order valence-electron chi connectivity index (χ2n) is 3.31. The van der Waals surface area contributed by atoms with Crippen molar-refractivity contribution in [3.05, 3.63) is 35.1 Å². The highest BCUT2D eigenvalue weighted by Gasteiger charge is 2.21. The zero-order chi connectivity index (χ0) is 10.9. The van der Waals surface area contributed by atoms with E-state index >= 15 is 0 Å². The van der Waals surface area contributed by atoms with Gasteiger partial charge in [-0.05, 0) is 6.92 Å². The Morgan fingerprint density at radius 1 is 1.07 bits per heavy atom. The summed E-state index contributed by atoms with van der Waals surface area (Å²) in [4.78, 5) is 0. The molecule has 4 heteroatoms. The standard InChI is InChI=1S/C10H11F3O/c1-5(6(2)14)10-8(12)3-7(11)4-9(10)13/h3-6,14H,1-2H3/t5-,6?/m1/s1. The van der Waals surface area contributed by atoms with E-state index in [2.05, 4.69) is 0 Å². The minimum absolute atomic E-state index is 0.276. The molecule has 0 amide bonds. The van der Waals surface area contributed by atoms with Crippen LogP contribution in [0.5, 0.6) is 0 Å². The van der Waals surface area contributed by atoms with Crippen molar-refractivity contribution in [2.24, 2.45) is 0 Å². The summed E-state index contributed by atoms with van der Waals surface area (Å²) in [6.07, 6.45) is -0.885. The van der Waals surface area contributed by atoms with Crippen molar-refractivity contribution in [3.63, 3.8) is 0 Å². The smallest absolute Gasteiger partial charge is 0.132 e. The normalized spacial score (nSPS) is 15.3. The minimum atomic E-state index is -0.962. The van der Waals surface area contributed by atoms with Crippen molar-refractivity contribution >= 4 is 0 Å². The largest absolute Gasteiger partial charge is 0.393 e.